The van der Waals surface area contributed by atoms with Crippen LogP contribution < -0.4 is 10.2 Å². The van der Waals surface area contributed by atoms with Crippen molar-refractivity contribution in [2.24, 2.45) is 0 Å². The fourth-order valence-corrected chi connectivity index (χ4v) is 3.11. The number of rotatable bonds is 3. The standard InChI is InChI=1S/C20H23N3O2/c1-15-5-3-4-6-19(15)20(25)23-13-11-22(12-14-23)18-9-7-17(8-10-18)21-16(2)24/h3-10H,11-14H2,1-2H3,(H,21,24). The third-order valence-electron chi connectivity index (χ3n) is 4.50. The van der Waals surface area contributed by atoms with Crippen LogP contribution in [0, 0.1) is 6.92 Å². The average molecular weight is 337 g/mol. The average Bonchev–Trinajstić information content (AvgIpc) is 2.62. The molecule has 0 aliphatic carbocycles. The van der Waals surface area contributed by atoms with E-state index in [-0.39, 0.29) is 11.8 Å². The molecule has 2 aromatic rings. The van der Waals surface area contributed by atoms with Gasteiger partial charge in [0.15, 0.2) is 0 Å². The Hall–Kier alpha value is -2.82. The molecule has 1 fully saturated rings. The van der Waals surface area contributed by atoms with Gasteiger partial charge in [-0.15, -0.1) is 0 Å². The fraction of sp³-hybridized carbons (Fsp3) is 0.300. The zero-order chi connectivity index (χ0) is 17.8. The molecule has 0 spiro atoms. The minimum absolute atomic E-state index is 0.0731. The Bertz CT molecular complexity index is 763. The van der Waals surface area contributed by atoms with Gasteiger partial charge in [0.2, 0.25) is 5.91 Å². The molecule has 5 nitrogen and oxygen atoms in total. The van der Waals surface area contributed by atoms with Gasteiger partial charge in [-0.1, -0.05) is 18.2 Å². The maximum absolute atomic E-state index is 12.7. The molecule has 1 heterocycles. The Morgan fingerprint density at radius 3 is 2.16 bits per heavy atom. The topological polar surface area (TPSA) is 52.7 Å². The summed E-state index contributed by atoms with van der Waals surface area (Å²) in [5.41, 5.74) is 3.71. The van der Waals surface area contributed by atoms with Crippen LogP contribution in [-0.4, -0.2) is 42.9 Å². The number of anilines is 2. The molecule has 0 atom stereocenters. The summed E-state index contributed by atoms with van der Waals surface area (Å²) in [6.07, 6.45) is 0. The molecule has 130 valence electrons. The van der Waals surface area contributed by atoms with Crippen LogP contribution in [0.3, 0.4) is 0 Å². The van der Waals surface area contributed by atoms with Crippen LogP contribution in [0.25, 0.3) is 0 Å². The van der Waals surface area contributed by atoms with Crippen molar-refractivity contribution in [3.8, 4) is 0 Å². The summed E-state index contributed by atoms with van der Waals surface area (Å²) in [5.74, 6) is 0.0369. The molecule has 3 rings (SSSR count). The van der Waals surface area contributed by atoms with Crippen LogP contribution in [0.5, 0.6) is 0 Å². The first kappa shape index (κ1) is 17.0. The minimum atomic E-state index is -0.0731. The van der Waals surface area contributed by atoms with Crippen LogP contribution in [0.15, 0.2) is 48.5 Å². The van der Waals surface area contributed by atoms with E-state index in [0.29, 0.717) is 13.1 Å². The van der Waals surface area contributed by atoms with Gasteiger partial charge in [-0.2, -0.15) is 0 Å². The SMILES string of the molecule is CC(=O)Nc1ccc(N2CCN(C(=O)c3ccccc3C)CC2)cc1. The first-order valence-corrected chi connectivity index (χ1v) is 8.52. The van der Waals surface area contributed by atoms with Gasteiger partial charge in [0.25, 0.3) is 5.91 Å². The number of amides is 2. The fourth-order valence-electron chi connectivity index (χ4n) is 3.11. The van der Waals surface area contributed by atoms with Crippen LogP contribution >= 0.6 is 0 Å². The second kappa shape index (κ2) is 7.38. The number of carbonyl (C=O) groups is 2. The molecule has 1 saturated heterocycles. The van der Waals surface area contributed by atoms with Crippen molar-refractivity contribution < 1.29 is 9.59 Å². The molecule has 25 heavy (non-hydrogen) atoms. The summed E-state index contributed by atoms with van der Waals surface area (Å²) in [6.45, 7) is 6.49. The van der Waals surface area contributed by atoms with Crippen molar-refractivity contribution in [1.29, 1.82) is 0 Å². The monoisotopic (exact) mass is 337 g/mol. The van der Waals surface area contributed by atoms with Crippen molar-refractivity contribution in [3.05, 3.63) is 59.7 Å². The number of carbonyl (C=O) groups excluding carboxylic acids is 2. The summed E-state index contributed by atoms with van der Waals surface area (Å²) < 4.78 is 0. The second-order valence-electron chi connectivity index (χ2n) is 6.32. The van der Waals surface area contributed by atoms with E-state index >= 15 is 0 Å². The van der Waals surface area contributed by atoms with Crippen molar-refractivity contribution in [1.82, 2.24) is 4.90 Å². The maximum Gasteiger partial charge on any atom is 0.254 e. The number of piperazine rings is 1. The Kier molecular flexibility index (Phi) is 5.03. The quantitative estimate of drug-likeness (QED) is 0.937. The van der Waals surface area contributed by atoms with Gasteiger partial charge in [0.05, 0.1) is 0 Å². The maximum atomic E-state index is 12.7. The van der Waals surface area contributed by atoms with Crippen LogP contribution in [0.1, 0.15) is 22.8 Å². The summed E-state index contributed by atoms with van der Waals surface area (Å²) in [7, 11) is 0. The van der Waals surface area contributed by atoms with Crippen LogP contribution in [0.2, 0.25) is 0 Å². The molecule has 0 unspecified atom stereocenters. The molecule has 2 aromatic carbocycles. The molecule has 0 saturated carbocycles. The summed E-state index contributed by atoms with van der Waals surface area (Å²) in [6, 6.07) is 15.5. The molecule has 2 amide bonds. The number of nitrogens with one attached hydrogen (secondary N) is 1. The number of hydrogen-bond acceptors (Lipinski definition) is 3. The number of benzene rings is 2. The lowest BCUT2D eigenvalue weighted by Crippen LogP contribution is -2.48. The first-order valence-electron chi connectivity index (χ1n) is 8.52. The van der Waals surface area contributed by atoms with E-state index in [2.05, 4.69) is 10.2 Å². The highest BCUT2D eigenvalue weighted by molar-refractivity contribution is 5.95. The lowest BCUT2D eigenvalue weighted by molar-refractivity contribution is -0.114. The third-order valence-corrected chi connectivity index (χ3v) is 4.50. The molecule has 0 aromatic heterocycles. The second-order valence-corrected chi connectivity index (χ2v) is 6.32. The normalized spacial score (nSPS) is 14.3. The molecule has 1 aliphatic rings. The van der Waals surface area contributed by atoms with E-state index in [9.17, 15) is 9.59 Å². The minimum Gasteiger partial charge on any atom is -0.368 e. The molecule has 0 bridgehead atoms. The van der Waals surface area contributed by atoms with Crippen molar-refractivity contribution >= 4 is 23.2 Å². The number of aryl methyl sites for hydroxylation is 1. The van der Waals surface area contributed by atoms with Gasteiger partial charge in [-0.25, -0.2) is 0 Å². The van der Waals surface area contributed by atoms with E-state index < -0.39 is 0 Å². The van der Waals surface area contributed by atoms with Gasteiger partial charge in [0, 0.05) is 50.0 Å². The number of hydrogen-bond donors (Lipinski definition) is 1. The Labute approximate surface area is 148 Å². The highest BCUT2D eigenvalue weighted by atomic mass is 16.2. The molecule has 0 radical (unpaired) electrons. The highest BCUT2D eigenvalue weighted by Gasteiger charge is 2.23. The van der Waals surface area contributed by atoms with E-state index in [1.165, 1.54) is 6.92 Å². The summed E-state index contributed by atoms with van der Waals surface area (Å²) >= 11 is 0. The molecule has 1 aliphatic heterocycles. The zero-order valence-corrected chi connectivity index (χ0v) is 14.7. The molecular weight excluding hydrogens is 314 g/mol. The van der Waals surface area contributed by atoms with Crippen molar-refractivity contribution in [2.75, 3.05) is 36.4 Å². The third kappa shape index (κ3) is 3.99. The van der Waals surface area contributed by atoms with E-state index in [1.54, 1.807) is 0 Å². The van der Waals surface area contributed by atoms with Crippen LogP contribution in [0.4, 0.5) is 11.4 Å². The Balaban J connectivity index is 1.61. The lowest BCUT2D eigenvalue weighted by atomic mass is 10.1. The van der Waals surface area contributed by atoms with Gasteiger partial charge < -0.3 is 15.1 Å². The van der Waals surface area contributed by atoms with Crippen molar-refractivity contribution in [2.45, 2.75) is 13.8 Å². The molecule has 1 N–H and O–H groups in total. The number of nitrogens with zero attached hydrogens (tertiary/aromatic N) is 2. The summed E-state index contributed by atoms with van der Waals surface area (Å²) in [5, 5.41) is 2.77. The Morgan fingerprint density at radius 2 is 1.56 bits per heavy atom. The molecular formula is C20H23N3O2. The van der Waals surface area contributed by atoms with Gasteiger partial charge in [-0.05, 0) is 42.8 Å². The van der Waals surface area contributed by atoms with Crippen molar-refractivity contribution in [3.63, 3.8) is 0 Å². The lowest BCUT2D eigenvalue weighted by Gasteiger charge is -2.36. The highest BCUT2D eigenvalue weighted by Crippen LogP contribution is 2.20. The first-order chi connectivity index (χ1) is 12.0. The van der Waals surface area contributed by atoms with Gasteiger partial charge >= 0.3 is 0 Å². The largest absolute Gasteiger partial charge is 0.368 e. The van der Waals surface area contributed by atoms with E-state index in [1.807, 2.05) is 60.4 Å². The predicted octanol–water partition coefficient (Wildman–Crippen LogP) is 2.92. The van der Waals surface area contributed by atoms with E-state index in [0.717, 1.165) is 35.6 Å². The van der Waals surface area contributed by atoms with E-state index in [4.69, 9.17) is 0 Å². The van der Waals surface area contributed by atoms with Crippen LogP contribution in [-0.2, 0) is 4.79 Å². The van der Waals surface area contributed by atoms with Gasteiger partial charge in [0.1, 0.15) is 0 Å². The predicted molar refractivity (Wildman–Crippen MR) is 100 cm³/mol. The summed E-state index contributed by atoms with van der Waals surface area (Å²) in [4.78, 5) is 27.9. The van der Waals surface area contributed by atoms with Gasteiger partial charge in [-0.3, -0.25) is 9.59 Å². The zero-order valence-electron chi connectivity index (χ0n) is 14.7. The smallest absolute Gasteiger partial charge is 0.254 e. The molecule has 5 heteroatoms. The Morgan fingerprint density at radius 1 is 0.920 bits per heavy atom.